The molecule has 1 unspecified atom stereocenters. The zero-order chi connectivity index (χ0) is 34.7. The standard InChI is InChI=1S/C34H48F5N3O5S/c1-32-13-9-27-26-6-5-25(47-31(44)42-15-10-24(11-16-42)40-14-17-43)21-23(26)20-22(30(27)28(32)7-8-29(32)41-45)4-2-18-48(46)19-3-12-33(35,36)34(37,38)39/h5-6,21-22,24,27-28,30,40,43,45H,2-4,7-20H2,1H3/b41-29-/t22-,27-,28+,30-,32+,48?/m1/s1. The molecule has 1 aliphatic heterocycles. The van der Waals surface area contributed by atoms with E-state index in [0.717, 1.165) is 49.8 Å². The van der Waals surface area contributed by atoms with Gasteiger partial charge in [-0.1, -0.05) is 18.1 Å². The Hall–Kier alpha value is -2.32. The third-order valence-electron chi connectivity index (χ3n) is 11.5. The van der Waals surface area contributed by atoms with E-state index in [4.69, 9.17) is 9.84 Å². The number of aliphatic hydroxyl groups is 1. The predicted molar refractivity (Wildman–Crippen MR) is 172 cm³/mol. The van der Waals surface area contributed by atoms with E-state index in [1.807, 2.05) is 12.1 Å². The van der Waals surface area contributed by atoms with E-state index >= 15 is 0 Å². The highest BCUT2D eigenvalue weighted by Gasteiger charge is 2.57. The van der Waals surface area contributed by atoms with E-state index < -0.39 is 41.8 Å². The molecule has 14 heteroatoms. The van der Waals surface area contributed by atoms with Crippen LogP contribution in [0.4, 0.5) is 26.7 Å². The van der Waals surface area contributed by atoms with Crippen molar-refractivity contribution in [3.63, 3.8) is 0 Å². The Morgan fingerprint density at radius 2 is 1.85 bits per heavy atom. The maximum absolute atomic E-state index is 13.3. The van der Waals surface area contributed by atoms with Crippen molar-refractivity contribution in [2.75, 3.05) is 37.7 Å². The minimum absolute atomic E-state index is 0.0680. The summed E-state index contributed by atoms with van der Waals surface area (Å²) >= 11 is 0. The summed E-state index contributed by atoms with van der Waals surface area (Å²) in [6, 6.07) is 6.14. The number of nitrogens with one attached hydrogen (secondary N) is 1. The van der Waals surface area contributed by atoms with Gasteiger partial charge in [-0.05, 0) is 111 Å². The fraction of sp³-hybridized carbons (Fsp3) is 0.765. The molecule has 5 rings (SSSR count). The number of rotatable bonds is 12. The number of hydrogen-bond donors (Lipinski definition) is 3. The molecule has 1 saturated heterocycles. The van der Waals surface area contributed by atoms with E-state index in [-0.39, 0.29) is 47.3 Å². The number of hydrogen-bond acceptors (Lipinski definition) is 7. The summed E-state index contributed by atoms with van der Waals surface area (Å²) < 4.78 is 82.6. The highest BCUT2D eigenvalue weighted by Crippen LogP contribution is 2.62. The minimum Gasteiger partial charge on any atom is -0.411 e. The number of amides is 1. The summed E-state index contributed by atoms with van der Waals surface area (Å²) in [5, 5.41) is 25.8. The third kappa shape index (κ3) is 8.01. The molecule has 4 aliphatic rings. The molecule has 1 aromatic carbocycles. The van der Waals surface area contributed by atoms with Crippen molar-refractivity contribution in [3.05, 3.63) is 29.3 Å². The second kappa shape index (κ2) is 15.3. The molecule has 3 N–H and O–H groups in total. The normalized spacial score (nSPS) is 29.3. The van der Waals surface area contributed by atoms with Crippen LogP contribution in [0.2, 0.25) is 0 Å². The molecule has 6 atom stereocenters. The largest absolute Gasteiger partial charge is 0.453 e. The van der Waals surface area contributed by atoms with Crippen LogP contribution in [0.15, 0.2) is 23.4 Å². The molecule has 1 amide bonds. The number of halogens is 5. The first-order valence-corrected chi connectivity index (χ1v) is 18.7. The van der Waals surface area contributed by atoms with Crippen molar-refractivity contribution in [1.29, 1.82) is 0 Å². The SMILES string of the molecule is C[C@]12CC[C@@H]3c4ccc(OC(=O)N5CCC(NCCO)CC5)cc4C[C@@H](CCCS(=O)CCCC(F)(F)C(F)(F)F)[C@H]3[C@@H]1CC/C2=N/O. The van der Waals surface area contributed by atoms with Crippen LogP contribution in [0.1, 0.15) is 88.2 Å². The molecule has 0 spiro atoms. The first-order valence-electron chi connectivity index (χ1n) is 17.2. The van der Waals surface area contributed by atoms with Gasteiger partial charge < -0.3 is 25.3 Å². The molecule has 48 heavy (non-hydrogen) atoms. The number of fused-ring (bicyclic) bond motifs is 5. The van der Waals surface area contributed by atoms with Crippen molar-refractivity contribution >= 4 is 22.6 Å². The third-order valence-corrected chi connectivity index (χ3v) is 13.0. The van der Waals surface area contributed by atoms with Crippen LogP contribution in [-0.4, -0.2) is 87.1 Å². The van der Waals surface area contributed by atoms with E-state index in [2.05, 4.69) is 23.5 Å². The number of alkyl halides is 5. The maximum Gasteiger partial charge on any atom is 0.453 e. The van der Waals surface area contributed by atoms with Gasteiger partial charge in [-0.25, -0.2) is 4.79 Å². The molecule has 1 heterocycles. The number of nitrogens with zero attached hydrogens (tertiary/aromatic N) is 2. The molecule has 2 saturated carbocycles. The predicted octanol–water partition coefficient (Wildman–Crippen LogP) is 6.65. The topological polar surface area (TPSA) is 111 Å². The summed E-state index contributed by atoms with van der Waals surface area (Å²) in [6.07, 6.45) is -0.882. The fourth-order valence-electron chi connectivity index (χ4n) is 8.97. The second-order valence-electron chi connectivity index (χ2n) is 14.3. The average molecular weight is 706 g/mol. The van der Waals surface area contributed by atoms with Gasteiger partial charge in [0.2, 0.25) is 0 Å². The molecule has 3 aliphatic carbocycles. The van der Waals surface area contributed by atoms with E-state index in [1.54, 1.807) is 4.90 Å². The van der Waals surface area contributed by atoms with Crippen molar-refractivity contribution in [2.45, 2.75) is 102 Å². The molecule has 0 radical (unpaired) electrons. The summed E-state index contributed by atoms with van der Waals surface area (Å²) in [4.78, 5) is 14.7. The Morgan fingerprint density at radius 1 is 1.12 bits per heavy atom. The molecular weight excluding hydrogens is 657 g/mol. The Morgan fingerprint density at radius 3 is 2.54 bits per heavy atom. The van der Waals surface area contributed by atoms with Gasteiger partial charge in [-0.2, -0.15) is 22.0 Å². The minimum atomic E-state index is -5.61. The first-order chi connectivity index (χ1) is 22.8. The molecule has 3 fully saturated rings. The van der Waals surface area contributed by atoms with Crippen molar-refractivity contribution in [3.8, 4) is 5.75 Å². The highest BCUT2D eigenvalue weighted by atomic mass is 32.2. The van der Waals surface area contributed by atoms with Crippen LogP contribution >= 0.6 is 0 Å². The monoisotopic (exact) mass is 705 g/mol. The van der Waals surface area contributed by atoms with Crippen LogP contribution in [0.25, 0.3) is 0 Å². The van der Waals surface area contributed by atoms with Crippen molar-refractivity contribution in [2.24, 2.45) is 28.3 Å². The van der Waals surface area contributed by atoms with Gasteiger partial charge in [0.15, 0.2) is 0 Å². The maximum atomic E-state index is 13.3. The summed E-state index contributed by atoms with van der Waals surface area (Å²) in [6.45, 7) is 3.89. The van der Waals surface area contributed by atoms with Gasteiger partial charge in [0, 0.05) is 59.8 Å². The highest BCUT2D eigenvalue weighted by molar-refractivity contribution is 7.84. The quantitative estimate of drug-likeness (QED) is 0.128. The Bertz CT molecular complexity index is 1340. The Labute approximate surface area is 281 Å². The molecule has 0 aromatic heterocycles. The van der Waals surface area contributed by atoms with E-state index in [1.165, 1.54) is 5.56 Å². The second-order valence-corrected chi connectivity index (χ2v) is 16.0. The first kappa shape index (κ1) is 36.9. The molecule has 8 nitrogen and oxygen atoms in total. The summed E-state index contributed by atoms with van der Waals surface area (Å²) in [5.41, 5.74) is 2.96. The average Bonchev–Trinajstić information content (AvgIpc) is 3.39. The lowest BCUT2D eigenvalue weighted by Crippen LogP contribution is -2.46. The van der Waals surface area contributed by atoms with Gasteiger partial charge >= 0.3 is 18.2 Å². The summed E-state index contributed by atoms with van der Waals surface area (Å²) in [5.74, 6) is -3.26. The lowest BCUT2D eigenvalue weighted by Gasteiger charge is -2.52. The van der Waals surface area contributed by atoms with Gasteiger partial charge in [0.05, 0.1) is 12.3 Å². The van der Waals surface area contributed by atoms with Crippen LogP contribution < -0.4 is 10.1 Å². The Kier molecular flexibility index (Phi) is 11.8. The van der Waals surface area contributed by atoms with Crippen molar-refractivity contribution < 1.29 is 46.0 Å². The number of oxime groups is 1. The van der Waals surface area contributed by atoms with Crippen LogP contribution in [0, 0.1) is 23.2 Å². The lowest BCUT2D eigenvalue weighted by molar-refractivity contribution is -0.284. The summed E-state index contributed by atoms with van der Waals surface area (Å²) in [7, 11) is -1.51. The van der Waals surface area contributed by atoms with Crippen LogP contribution in [0.3, 0.4) is 0 Å². The van der Waals surface area contributed by atoms with Gasteiger partial charge in [-0.15, -0.1) is 0 Å². The number of carbonyl (C=O) groups is 1. The molecular formula is C34H48F5N3O5S. The lowest BCUT2D eigenvalue weighted by atomic mass is 9.52. The van der Waals surface area contributed by atoms with Gasteiger partial charge in [-0.3, -0.25) is 4.21 Å². The number of ether oxygens (including phenoxy) is 1. The van der Waals surface area contributed by atoms with Crippen LogP contribution in [-0.2, 0) is 17.2 Å². The molecule has 270 valence electrons. The number of aliphatic hydroxyl groups excluding tert-OH is 1. The van der Waals surface area contributed by atoms with E-state index in [0.29, 0.717) is 50.6 Å². The number of benzene rings is 1. The molecule has 1 aromatic rings. The van der Waals surface area contributed by atoms with E-state index in [9.17, 15) is 36.2 Å². The molecule has 0 bridgehead atoms. The van der Waals surface area contributed by atoms with Gasteiger partial charge in [0.25, 0.3) is 0 Å². The Balaban J connectivity index is 1.25. The number of piperidine rings is 1. The zero-order valence-electron chi connectivity index (χ0n) is 27.5. The van der Waals surface area contributed by atoms with Crippen LogP contribution in [0.5, 0.6) is 5.75 Å². The van der Waals surface area contributed by atoms with Crippen molar-refractivity contribution in [1.82, 2.24) is 10.2 Å². The smallest absolute Gasteiger partial charge is 0.411 e. The van der Waals surface area contributed by atoms with Gasteiger partial charge in [0.1, 0.15) is 5.75 Å². The number of likely N-dealkylation sites (tertiary alicyclic amines) is 1. The fourth-order valence-corrected chi connectivity index (χ4v) is 10.1. The zero-order valence-corrected chi connectivity index (χ0v) is 28.3. The number of carbonyl (C=O) groups excluding carboxylic acids is 1.